The van der Waals surface area contributed by atoms with Crippen LogP contribution in [0.2, 0.25) is 0 Å². The van der Waals surface area contributed by atoms with Crippen molar-refractivity contribution in [2.24, 2.45) is 0 Å². The van der Waals surface area contributed by atoms with E-state index in [9.17, 15) is 27.0 Å². The number of sulfonamides is 1. The Balaban J connectivity index is 2.53. The second kappa shape index (κ2) is 6.96. The van der Waals surface area contributed by atoms with Crippen molar-refractivity contribution in [2.75, 3.05) is 31.8 Å². The molecule has 0 unspecified atom stereocenters. The van der Waals surface area contributed by atoms with Crippen molar-refractivity contribution in [1.82, 2.24) is 4.31 Å². The minimum absolute atomic E-state index is 0.110. The third-order valence-electron chi connectivity index (χ3n) is 3.89. The lowest BCUT2D eigenvalue weighted by molar-refractivity contribution is 0.117. The maximum absolute atomic E-state index is 13.0. The van der Waals surface area contributed by atoms with Gasteiger partial charge in [0, 0.05) is 6.54 Å². The van der Waals surface area contributed by atoms with Gasteiger partial charge in [0.15, 0.2) is 9.84 Å². The zero-order valence-electron chi connectivity index (χ0n) is 13.4. The van der Waals surface area contributed by atoms with E-state index < -0.39 is 50.1 Å². The molecule has 0 amide bonds. The number of nitrogens with zero attached hydrogens (tertiary/aromatic N) is 1. The average Bonchev–Trinajstić information content (AvgIpc) is 2.77. The number of hydrogen-bond donors (Lipinski definition) is 2. The van der Waals surface area contributed by atoms with Crippen LogP contribution in [0.15, 0.2) is 23.1 Å². The maximum Gasteiger partial charge on any atom is 0.247 e. The number of aliphatic hydroxyl groups excluding tert-OH is 2. The summed E-state index contributed by atoms with van der Waals surface area (Å²) in [6.07, 6.45) is -1.34. The smallest absolute Gasteiger partial charge is 0.247 e. The summed E-state index contributed by atoms with van der Waals surface area (Å²) in [5.74, 6) is -0.874. The van der Waals surface area contributed by atoms with Crippen LogP contribution in [-0.4, -0.2) is 75.3 Å². The molecule has 10 heteroatoms. The third kappa shape index (κ3) is 3.72. The van der Waals surface area contributed by atoms with Crippen LogP contribution in [0.25, 0.3) is 0 Å². The summed E-state index contributed by atoms with van der Waals surface area (Å²) in [4.78, 5) is -0.130. The van der Waals surface area contributed by atoms with Gasteiger partial charge in [-0.3, -0.25) is 0 Å². The predicted molar refractivity (Wildman–Crippen MR) is 87.2 cm³/mol. The molecule has 136 valence electrons. The van der Waals surface area contributed by atoms with Gasteiger partial charge < -0.3 is 14.9 Å². The highest BCUT2D eigenvalue weighted by Crippen LogP contribution is 2.31. The Morgan fingerprint density at radius 3 is 2.50 bits per heavy atom. The van der Waals surface area contributed by atoms with Gasteiger partial charge >= 0.3 is 0 Å². The van der Waals surface area contributed by atoms with Crippen LogP contribution in [0.1, 0.15) is 5.56 Å². The second-order valence-corrected chi connectivity index (χ2v) is 9.72. The van der Waals surface area contributed by atoms with E-state index in [4.69, 9.17) is 4.74 Å². The predicted octanol–water partition coefficient (Wildman–Crippen LogP) is -0.855. The van der Waals surface area contributed by atoms with Gasteiger partial charge in [0.25, 0.3) is 0 Å². The van der Waals surface area contributed by atoms with Gasteiger partial charge in [-0.25, -0.2) is 16.8 Å². The highest BCUT2D eigenvalue weighted by atomic mass is 32.2. The summed E-state index contributed by atoms with van der Waals surface area (Å²) in [6, 6.07) is 3.45. The topological polar surface area (TPSA) is 121 Å². The highest BCUT2D eigenvalue weighted by Gasteiger charge is 2.45. The Morgan fingerprint density at radius 1 is 1.33 bits per heavy atom. The first kappa shape index (κ1) is 19.1. The minimum atomic E-state index is -4.17. The molecular formula is C14H21NO7S2. The molecule has 0 radical (unpaired) electrons. The maximum atomic E-state index is 13.0. The standard InChI is InChI=1S/C14H21NO7S2/c1-10-3-4-13(22-2)14(7-10)24(20,21)15(5-6-16)11-8-23(18,19)9-12(11)17/h3-4,7,11-12,16-17H,5-6,8-9H2,1-2H3/t11-,12-/m1/s1. The van der Waals surface area contributed by atoms with E-state index in [1.807, 2.05) is 0 Å². The molecule has 1 heterocycles. The lowest BCUT2D eigenvalue weighted by Gasteiger charge is -2.29. The molecule has 1 aromatic rings. The Morgan fingerprint density at radius 2 is 2.00 bits per heavy atom. The van der Waals surface area contributed by atoms with Gasteiger partial charge in [-0.1, -0.05) is 6.07 Å². The first-order valence-corrected chi connectivity index (χ1v) is 10.5. The van der Waals surface area contributed by atoms with E-state index in [0.29, 0.717) is 5.56 Å². The SMILES string of the molecule is COc1ccc(C)cc1S(=O)(=O)N(CCO)[C@@H]1CS(=O)(=O)C[C@H]1O. The molecule has 0 aliphatic carbocycles. The van der Waals surface area contributed by atoms with E-state index in [1.54, 1.807) is 13.0 Å². The van der Waals surface area contributed by atoms with E-state index in [1.165, 1.54) is 19.2 Å². The van der Waals surface area contributed by atoms with Crippen LogP contribution in [0, 0.1) is 6.92 Å². The van der Waals surface area contributed by atoms with Crippen molar-refractivity contribution in [1.29, 1.82) is 0 Å². The number of sulfone groups is 1. The monoisotopic (exact) mass is 379 g/mol. The van der Waals surface area contributed by atoms with Crippen LogP contribution in [0.3, 0.4) is 0 Å². The molecule has 1 fully saturated rings. The van der Waals surface area contributed by atoms with Crippen LogP contribution < -0.4 is 4.74 Å². The molecule has 1 aliphatic rings. The molecule has 0 bridgehead atoms. The van der Waals surface area contributed by atoms with Crippen LogP contribution >= 0.6 is 0 Å². The number of hydrogen-bond acceptors (Lipinski definition) is 7. The fourth-order valence-electron chi connectivity index (χ4n) is 2.76. The van der Waals surface area contributed by atoms with Gasteiger partial charge in [0.05, 0.1) is 37.4 Å². The first-order chi connectivity index (χ1) is 11.1. The van der Waals surface area contributed by atoms with Crippen molar-refractivity contribution in [3.63, 3.8) is 0 Å². The Kier molecular flexibility index (Phi) is 5.55. The van der Waals surface area contributed by atoms with Crippen molar-refractivity contribution in [3.05, 3.63) is 23.8 Å². The summed E-state index contributed by atoms with van der Waals surface area (Å²) in [5, 5.41) is 19.3. The molecule has 2 N–H and O–H groups in total. The summed E-state index contributed by atoms with van der Waals surface area (Å²) in [7, 11) is -6.39. The molecule has 0 saturated carbocycles. The number of ether oxygens (including phenoxy) is 1. The number of aryl methyl sites for hydroxylation is 1. The largest absolute Gasteiger partial charge is 0.495 e. The van der Waals surface area contributed by atoms with E-state index in [-0.39, 0.29) is 17.2 Å². The molecule has 0 spiro atoms. The van der Waals surface area contributed by atoms with Gasteiger partial charge in [0.2, 0.25) is 10.0 Å². The van der Waals surface area contributed by atoms with Gasteiger partial charge in [0.1, 0.15) is 10.6 Å². The molecule has 2 rings (SSSR count). The quantitative estimate of drug-likeness (QED) is 0.660. The number of benzene rings is 1. The Bertz CT molecular complexity index is 804. The second-order valence-electron chi connectivity index (χ2n) is 5.71. The van der Waals surface area contributed by atoms with Crippen molar-refractivity contribution < 1.29 is 31.8 Å². The molecule has 1 saturated heterocycles. The molecule has 2 atom stereocenters. The zero-order valence-corrected chi connectivity index (χ0v) is 15.0. The lowest BCUT2D eigenvalue weighted by Crippen LogP contribution is -2.47. The van der Waals surface area contributed by atoms with Crippen LogP contribution in [-0.2, 0) is 19.9 Å². The molecule has 0 aromatic heterocycles. The van der Waals surface area contributed by atoms with Gasteiger partial charge in [-0.15, -0.1) is 0 Å². The van der Waals surface area contributed by atoms with Gasteiger partial charge in [-0.05, 0) is 24.6 Å². The highest BCUT2D eigenvalue weighted by molar-refractivity contribution is 7.92. The van der Waals surface area contributed by atoms with Crippen molar-refractivity contribution in [2.45, 2.75) is 24.0 Å². The van der Waals surface area contributed by atoms with E-state index in [2.05, 4.69) is 0 Å². The third-order valence-corrected chi connectivity index (χ3v) is 7.53. The summed E-state index contributed by atoms with van der Waals surface area (Å²) >= 11 is 0. The number of aliphatic hydroxyl groups is 2. The fraction of sp³-hybridized carbons (Fsp3) is 0.571. The summed E-state index contributed by atoms with van der Waals surface area (Å²) in [5.41, 5.74) is 0.679. The molecule has 1 aromatic carbocycles. The summed E-state index contributed by atoms with van der Waals surface area (Å²) in [6.45, 7) is 0.886. The minimum Gasteiger partial charge on any atom is -0.495 e. The van der Waals surface area contributed by atoms with Gasteiger partial charge in [-0.2, -0.15) is 4.31 Å². The molecule has 8 nitrogen and oxygen atoms in total. The molecule has 1 aliphatic heterocycles. The van der Waals surface area contributed by atoms with Crippen LogP contribution in [0.5, 0.6) is 5.75 Å². The van der Waals surface area contributed by atoms with Crippen LogP contribution in [0.4, 0.5) is 0 Å². The first-order valence-electron chi connectivity index (χ1n) is 7.28. The average molecular weight is 379 g/mol. The fourth-order valence-corrected chi connectivity index (χ4v) is 6.54. The van der Waals surface area contributed by atoms with Crippen molar-refractivity contribution >= 4 is 19.9 Å². The number of rotatable bonds is 6. The van der Waals surface area contributed by atoms with E-state index >= 15 is 0 Å². The Hall–Kier alpha value is -1.20. The normalized spacial score (nSPS) is 23.5. The lowest BCUT2D eigenvalue weighted by atomic mass is 10.2. The van der Waals surface area contributed by atoms with E-state index in [0.717, 1.165) is 4.31 Å². The summed E-state index contributed by atoms with van der Waals surface area (Å²) < 4.78 is 55.5. The molecule has 24 heavy (non-hydrogen) atoms. The molecular weight excluding hydrogens is 358 g/mol. The number of methoxy groups -OCH3 is 1. The Labute approximate surface area is 141 Å². The zero-order chi connectivity index (χ0) is 18.1. The van der Waals surface area contributed by atoms with Crippen molar-refractivity contribution in [3.8, 4) is 5.75 Å².